The first-order valence-electron chi connectivity index (χ1n) is 8.86. The molecule has 1 aliphatic heterocycles. The summed E-state index contributed by atoms with van der Waals surface area (Å²) in [5.74, 6) is 1.56. The second-order valence-corrected chi connectivity index (χ2v) is 6.34. The lowest BCUT2D eigenvalue weighted by atomic mass is 9.94. The quantitative estimate of drug-likeness (QED) is 0.886. The van der Waals surface area contributed by atoms with Gasteiger partial charge in [-0.05, 0) is 44.3 Å². The highest BCUT2D eigenvalue weighted by molar-refractivity contribution is 5.48. The van der Waals surface area contributed by atoms with Gasteiger partial charge in [0.2, 0.25) is 0 Å². The van der Waals surface area contributed by atoms with Crippen LogP contribution >= 0.6 is 0 Å². The van der Waals surface area contributed by atoms with Gasteiger partial charge >= 0.3 is 5.69 Å². The van der Waals surface area contributed by atoms with Crippen LogP contribution in [0.2, 0.25) is 0 Å². The first-order valence-corrected chi connectivity index (χ1v) is 8.86. The minimum absolute atomic E-state index is 0.000791. The van der Waals surface area contributed by atoms with Gasteiger partial charge in [-0.3, -0.25) is 4.57 Å². The van der Waals surface area contributed by atoms with E-state index in [4.69, 9.17) is 0 Å². The predicted molar refractivity (Wildman–Crippen MR) is 96.9 cm³/mol. The molecule has 2 heterocycles. The van der Waals surface area contributed by atoms with Crippen molar-refractivity contribution in [3.05, 3.63) is 58.3 Å². The highest BCUT2D eigenvalue weighted by atomic mass is 16.2. The summed E-state index contributed by atoms with van der Waals surface area (Å²) < 4.78 is 3.40. The Kier molecular flexibility index (Phi) is 5.64. The number of nitrogens with one attached hydrogen (secondary N) is 1. The van der Waals surface area contributed by atoms with Crippen molar-refractivity contribution in [1.82, 2.24) is 19.7 Å². The van der Waals surface area contributed by atoms with Crippen molar-refractivity contribution < 1.29 is 0 Å². The molecule has 2 aromatic rings. The normalized spacial score (nSPS) is 16.0. The standard InChI is InChI=1S/C19H26N4O/c1-2-22-18(15-17-10-12-20-13-11-17)21-23(19(22)24)14-6-9-16-7-4-3-5-8-16/h3-9,17,20H,2,10-15H2,1H3. The third-order valence-electron chi connectivity index (χ3n) is 4.63. The monoisotopic (exact) mass is 326 g/mol. The number of benzene rings is 1. The van der Waals surface area contributed by atoms with E-state index in [1.165, 1.54) is 12.8 Å². The Balaban J connectivity index is 1.71. The maximum absolute atomic E-state index is 12.5. The van der Waals surface area contributed by atoms with Crippen molar-refractivity contribution in [1.29, 1.82) is 0 Å². The molecule has 1 N–H and O–H groups in total. The van der Waals surface area contributed by atoms with Crippen molar-refractivity contribution in [2.24, 2.45) is 5.92 Å². The summed E-state index contributed by atoms with van der Waals surface area (Å²) in [4.78, 5) is 12.5. The molecule has 0 saturated carbocycles. The van der Waals surface area contributed by atoms with Gasteiger partial charge in [0.15, 0.2) is 0 Å². The Morgan fingerprint density at radius 3 is 2.71 bits per heavy atom. The number of hydrogen-bond acceptors (Lipinski definition) is 3. The van der Waals surface area contributed by atoms with Crippen LogP contribution in [-0.4, -0.2) is 27.4 Å². The number of hydrogen-bond donors (Lipinski definition) is 1. The summed E-state index contributed by atoms with van der Waals surface area (Å²) in [6.07, 6.45) is 7.26. The maximum atomic E-state index is 12.5. The van der Waals surface area contributed by atoms with E-state index in [2.05, 4.69) is 10.4 Å². The molecule has 0 aliphatic carbocycles. The highest BCUT2D eigenvalue weighted by Crippen LogP contribution is 2.16. The van der Waals surface area contributed by atoms with Crippen LogP contribution < -0.4 is 11.0 Å². The Morgan fingerprint density at radius 1 is 1.25 bits per heavy atom. The van der Waals surface area contributed by atoms with Crippen molar-refractivity contribution in [3.8, 4) is 0 Å². The zero-order valence-electron chi connectivity index (χ0n) is 14.3. The van der Waals surface area contributed by atoms with Crippen molar-refractivity contribution in [2.75, 3.05) is 13.1 Å². The van der Waals surface area contributed by atoms with Crippen LogP contribution in [0.15, 0.2) is 41.2 Å². The van der Waals surface area contributed by atoms with Gasteiger partial charge in [0.25, 0.3) is 0 Å². The Labute approximate surface area is 143 Å². The molecule has 1 saturated heterocycles. The predicted octanol–water partition coefficient (Wildman–Crippen LogP) is 2.32. The zero-order valence-corrected chi connectivity index (χ0v) is 14.3. The zero-order chi connectivity index (χ0) is 16.8. The van der Waals surface area contributed by atoms with Crippen LogP contribution in [0.5, 0.6) is 0 Å². The molecular weight excluding hydrogens is 300 g/mol. The minimum atomic E-state index is -0.000791. The van der Waals surface area contributed by atoms with E-state index >= 15 is 0 Å². The summed E-state index contributed by atoms with van der Waals surface area (Å²) in [5.41, 5.74) is 1.13. The molecule has 128 valence electrons. The molecule has 0 bridgehead atoms. The summed E-state index contributed by atoms with van der Waals surface area (Å²) in [6, 6.07) is 10.1. The lowest BCUT2D eigenvalue weighted by Gasteiger charge is -2.21. The molecule has 1 aliphatic rings. The summed E-state index contributed by atoms with van der Waals surface area (Å²) in [5, 5.41) is 7.99. The Morgan fingerprint density at radius 2 is 2.00 bits per heavy atom. The molecule has 0 spiro atoms. The van der Waals surface area contributed by atoms with Gasteiger partial charge in [0, 0.05) is 13.0 Å². The van der Waals surface area contributed by atoms with E-state index in [1.807, 2.05) is 54.0 Å². The molecule has 1 fully saturated rings. The lowest BCUT2D eigenvalue weighted by molar-refractivity contribution is 0.362. The lowest BCUT2D eigenvalue weighted by Crippen LogP contribution is -2.30. The van der Waals surface area contributed by atoms with Crippen molar-refractivity contribution in [2.45, 2.75) is 39.3 Å². The van der Waals surface area contributed by atoms with E-state index in [0.29, 0.717) is 19.0 Å². The van der Waals surface area contributed by atoms with Gasteiger partial charge in [-0.25, -0.2) is 9.48 Å². The molecule has 0 atom stereocenters. The molecule has 3 rings (SSSR count). The number of rotatable bonds is 6. The Hall–Kier alpha value is -2.14. The van der Waals surface area contributed by atoms with Gasteiger partial charge in [-0.2, -0.15) is 5.10 Å². The van der Waals surface area contributed by atoms with Gasteiger partial charge in [-0.15, -0.1) is 0 Å². The van der Waals surface area contributed by atoms with Crippen molar-refractivity contribution >= 4 is 6.08 Å². The van der Waals surface area contributed by atoms with Gasteiger partial charge in [0.05, 0.1) is 6.54 Å². The van der Waals surface area contributed by atoms with Crippen LogP contribution in [-0.2, 0) is 19.5 Å². The van der Waals surface area contributed by atoms with Gasteiger partial charge in [-0.1, -0.05) is 42.5 Å². The molecular formula is C19H26N4O. The molecule has 1 aromatic carbocycles. The molecule has 0 radical (unpaired) electrons. The smallest absolute Gasteiger partial charge is 0.317 e. The molecule has 0 unspecified atom stereocenters. The number of nitrogens with zero attached hydrogens (tertiary/aromatic N) is 3. The third kappa shape index (κ3) is 4.03. The Bertz CT molecular complexity index is 724. The highest BCUT2D eigenvalue weighted by Gasteiger charge is 2.18. The summed E-state index contributed by atoms with van der Waals surface area (Å²) >= 11 is 0. The van der Waals surface area contributed by atoms with Gasteiger partial charge in [0.1, 0.15) is 5.82 Å². The molecule has 24 heavy (non-hydrogen) atoms. The third-order valence-corrected chi connectivity index (χ3v) is 4.63. The van der Waals surface area contributed by atoms with E-state index in [-0.39, 0.29) is 5.69 Å². The van der Waals surface area contributed by atoms with Crippen LogP contribution in [0.1, 0.15) is 31.2 Å². The number of aromatic nitrogens is 3. The average Bonchev–Trinajstić information content (AvgIpc) is 2.91. The molecule has 5 heteroatoms. The SMILES string of the molecule is CCn1c(CC2CCNCC2)nn(CC=Cc2ccccc2)c1=O. The molecule has 0 amide bonds. The molecule has 5 nitrogen and oxygen atoms in total. The summed E-state index contributed by atoms with van der Waals surface area (Å²) in [6.45, 7) is 5.35. The number of piperidine rings is 1. The fraction of sp³-hybridized carbons (Fsp3) is 0.474. The molecule has 1 aromatic heterocycles. The fourth-order valence-corrected chi connectivity index (χ4v) is 3.27. The fourth-order valence-electron chi connectivity index (χ4n) is 3.27. The second kappa shape index (κ2) is 8.11. The first kappa shape index (κ1) is 16.7. The number of allylic oxidation sites excluding steroid dienone is 1. The van der Waals surface area contributed by atoms with Gasteiger partial charge < -0.3 is 5.32 Å². The van der Waals surface area contributed by atoms with E-state index in [1.54, 1.807) is 4.68 Å². The topological polar surface area (TPSA) is 51.9 Å². The first-order chi connectivity index (χ1) is 11.8. The minimum Gasteiger partial charge on any atom is -0.317 e. The van der Waals surface area contributed by atoms with Crippen molar-refractivity contribution in [3.63, 3.8) is 0 Å². The van der Waals surface area contributed by atoms with Crippen LogP contribution in [0.4, 0.5) is 0 Å². The second-order valence-electron chi connectivity index (χ2n) is 6.34. The largest absolute Gasteiger partial charge is 0.346 e. The summed E-state index contributed by atoms with van der Waals surface area (Å²) in [7, 11) is 0. The maximum Gasteiger partial charge on any atom is 0.346 e. The van der Waals surface area contributed by atoms with E-state index in [9.17, 15) is 4.79 Å². The van der Waals surface area contributed by atoms with Crippen LogP contribution in [0, 0.1) is 5.92 Å². The van der Waals surface area contributed by atoms with E-state index < -0.39 is 0 Å². The van der Waals surface area contributed by atoms with Crippen LogP contribution in [0.3, 0.4) is 0 Å². The average molecular weight is 326 g/mol. The van der Waals surface area contributed by atoms with Crippen LogP contribution in [0.25, 0.3) is 6.08 Å². The van der Waals surface area contributed by atoms with E-state index in [0.717, 1.165) is 30.9 Å².